The molecule has 57 heavy (non-hydrogen) atoms. The van der Waals surface area contributed by atoms with Gasteiger partial charge in [0.25, 0.3) is 11.8 Å². The molecule has 2 amide bonds. The molecule has 0 spiro atoms. The van der Waals surface area contributed by atoms with Gasteiger partial charge in [-0.15, -0.1) is 0 Å². The zero-order chi connectivity index (χ0) is 40.6. The van der Waals surface area contributed by atoms with E-state index in [-0.39, 0.29) is 23.4 Å². The van der Waals surface area contributed by atoms with E-state index in [1.165, 1.54) is 42.3 Å². The van der Waals surface area contributed by atoms with Gasteiger partial charge >= 0.3 is 0 Å². The number of rotatable bonds is 14. The molecule has 0 radical (unpaired) electrons. The van der Waals surface area contributed by atoms with Crippen LogP contribution in [-0.4, -0.2) is 137 Å². The number of methoxy groups -OCH3 is 4. The molecule has 2 aliphatic rings. The zero-order valence-corrected chi connectivity index (χ0v) is 33.8. The molecular weight excluding hydrogens is 725 g/mol. The van der Waals surface area contributed by atoms with E-state index in [0.717, 1.165) is 67.9 Å². The quantitative estimate of drug-likeness (QED) is 0.140. The van der Waals surface area contributed by atoms with E-state index in [2.05, 4.69) is 9.80 Å². The Hall–Kier alpha value is -5.72. The maximum Gasteiger partial charge on any atom is 0.253 e. The standard InChI is InChI=1S/C45H52N4O8/c1-30(50)42-38(54-3)26-36(27-39(42)55-4)32-8-12-34(13-9-32)44(52)48-22-18-46(19-23-48)16-7-17-47-20-24-49(25-21-47)45(53)35-14-10-33(11-15-35)37-28-40(56-5)43(31(2)51)41(29-37)57-6/h8-15,26-29H,7,16-25H2,1-6H3. The van der Waals surface area contributed by atoms with Crippen LogP contribution in [0.1, 0.15) is 61.7 Å². The summed E-state index contributed by atoms with van der Waals surface area (Å²) in [5, 5.41) is 0. The highest BCUT2D eigenvalue weighted by Crippen LogP contribution is 2.37. The molecular formula is C45H52N4O8. The van der Waals surface area contributed by atoms with Gasteiger partial charge in [0.1, 0.15) is 34.1 Å². The normalized spacial score (nSPS) is 14.9. The van der Waals surface area contributed by atoms with Crippen molar-refractivity contribution < 1.29 is 38.1 Å². The Bertz CT molecular complexity index is 1880. The number of ether oxygens (including phenoxy) is 4. The summed E-state index contributed by atoms with van der Waals surface area (Å²) in [6.07, 6.45) is 1.02. The largest absolute Gasteiger partial charge is 0.496 e. The summed E-state index contributed by atoms with van der Waals surface area (Å²) >= 11 is 0. The smallest absolute Gasteiger partial charge is 0.253 e. The molecule has 0 bridgehead atoms. The van der Waals surface area contributed by atoms with Crippen LogP contribution in [0.2, 0.25) is 0 Å². The van der Waals surface area contributed by atoms with E-state index in [0.29, 0.717) is 71.4 Å². The number of ketones is 2. The summed E-state index contributed by atoms with van der Waals surface area (Å²) in [6, 6.07) is 22.3. The van der Waals surface area contributed by atoms with Crippen molar-refractivity contribution in [3.63, 3.8) is 0 Å². The molecule has 6 rings (SSSR count). The lowest BCUT2D eigenvalue weighted by Crippen LogP contribution is -2.50. The number of amides is 2. The number of benzene rings is 4. The predicted octanol–water partition coefficient (Wildman–Crippen LogP) is 6.07. The highest BCUT2D eigenvalue weighted by molar-refractivity contribution is 6.02. The van der Waals surface area contributed by atoms with E-state index in [4.69, 9.17) is 18.9 Å². The van der Waals surface area contributed by atoms with Crippen LogP contribution in [0.3, 0.4) is 0 Å². The lowest BCUT2D eigenvalue weighted by molar-refractivity contribution is 0.0605. The monoisotopic (exact) mass is 776 g/mol. The van der Waals surface area contributed by atoms with Gasteiger partial charge in [-0.05, 0) is 104 Å². The fourth-order valence-electron chi connectivity index (χ4n) is 7.69. The predicted molar refractivity (Wildman–Crippen MR) is 219 cm³/mol. The number of nitrogens with zero attached hydrogens (tertiary/aromatic N) is 4. The molecule has 0 saturated carbocycles. The molecule has 300 valence electrons. The summed E-state index contributed by atoms with van der Waals surface area (Å²) in [5.74, 6) is 1.56. The molecule has 2 saturated heterocycles. The minimum Gasteiger partial charge on any atom is -0.496 e. The van der Waals surface area contributed by atoms with Crippen LogP contribution in [0, 0.1) is 0 Å². The third kappa shape index (κ3) is 9.30. The molecule has 2 aliphatic heterocycles. The second-order valence-electron chi connectivity index (χ2n) is 14.4. The van der Waals surface area contributed by atoms with Gasteiger partial charge in [-0.25, -0.2) is 0 Å². The van der Waals surface area contributed by atoms with Crippen molar-refractivity contribution in [3.8, 4) is 45.3 Å². The van der Waals surface area contributed by atoms with Gasteiger partial charge < -0.3 is 28.7 Å². The van der Waals surface area contributed by atoms with Crippen molar-refractivity contribution in [2.24, 2.45) is 0 Å². The zero-order valence-electron chi connectivity index (χ0n) is 33.8. The molecule has 0 aromatic heterocycles. The third-order valence-corrected chi connectivity index (χ3v) is 10.9. The van der Waals surface area contributed by atoms with Gasteiger partial charge in [0.15, 0.2) is 11.6 Å². The lowest BCUT2D eigenvalue weighted by Gasteiger charge is -2.37. The van der Waals surface area contributed by atoms with Gasteiger partial charge in [-0.1, -0.05) is 24.3 Å². The van der Waals surface area contributed by atoms with Crippen LogP contribution in [-0.2, 0) is 0 Å². The molecule has 4 aromatic rings. The average Bonchev–Trinajstić information content (AvgIpc) is 3.25. The van der Waals surface area contributed by atoms with Crippen molar-refractivity contribution in [3.05, 3.63) is 95.1 Å². The van der Waals surface area contributed by atoms with Gasteiger partial charge in [-0.3, -0.25) is 29.0 Å². The first-order chi connectivity index (χ1) is 27.5. The van der Waals surface area contributed by atoms with Gasteiger partial charge in [-0.2, -0.15) is 0 Å². The van der Waals surface area contributed by atoms with E-state index < -0.39 is 0 Å². The van der Waals surface area contributed by atoms with Crippen molar-refractivity contribution in [2.45, 2.75) is 20.3 Å². The first-order valence-electron chi connectivity index (χ1n) is 19.3. The second kappa shape index (κ2) is 18.5. The number of carbonyl (C=O) groups is 4. The minimum absolute atomic E-state index is 0.0217. The summed E-state index contributed by atoms with van der Waals surface area (Å²) < 4.78 is 21.9. The fraction of sp³-hybridized carbons (Fsp3) is 0.378. The highest BCUT2D eigenvalue weighted by atomic mass is 16.5. The van der Waals surface area contributed by atoms with E-state index >= 15 is 0 Å². The molecule has 0 N–H and O–H groups in total. The van der Waals surface area contributed by atoms with Crippen LogP contribution < -0.4 is 18.9 Å². The van der Waals surface area contributed by atoms with Crippen LogP contribution >= 0.6 is 0 Å². The molecule has 12 nitrogen and oxygen atoms in total. The Morgan fingerprint density at radius 2 is 0.754 bits per heavy atom. The first-order valence-corrected chi connectivity index (χ1v) is 19.3. The minimum atomic E-state index is -0.137. The van der Waals surface area contributed by atoms with Gasteiger partial charge in [0.2, 0.25) is 0 Å². The van der Waals surface area contributed by atoms with Crippen molar-refractivity contribution in [1.82, 2.24) is 19.6 Å². The van der Waals surface area contributed by atoms with Crippen LogP contribution in [0.25, 0.3) is 22.3 Å². The van der Waals surface area contributed by atoms with Crippen LogP contribution in [0.15, 0.2) is 72.8 Å². The first kappa shape index (κ1) is 40.9. The summed E-state index contributed by atoms with van der Waals surface area (Å²) in [4.78, 5) is 59.8. The van der Waals surface area contributed by atoms with Crippen molar-refractivity contribution in [2.75, 3.05) is 93.9 Å². The fourth-order valence-corrected chi connectivity index (χ4v) is 7.69. The topological polar surface area (TPSA) is 118 Å². The van der Waals surface area contributed by atoms with Crippen molar-refractivity contribution in [1.29, 1.82) is 0 Å². The lowest BCUT2D eigenvalue weighted by atomic mass is 9.99. The average molecular weight is 777 g/mol. The van der Waals surface area contributed by atoms with Gasteiger partial charge in [0, 0.05) is 63.5 Å². The van der Waals surface area contributed by atoms with Gasteiger partial charge in [0.05, 0.1) is 28.4 Å². The Balaban J connectivity index is 0.929. The Morgan fingerprint density at radius 3 is 1.02 bits per heavy atom. The Morgan fingerprint density at radius 1 is 0.456 bits per heavy atom. The molecule has 2 fully saturated rings. The highest BCUT2D eigenvalue weighted by Gasteiger charge is 2.25. The number of Topliss-reactive ketones (excluding diaryl/α,β-unsaturated/α-hetero) is 2. The second-order valence-corrected chi connectivity index (χ2v) is 14.4. The molecule has 2 heterocycles. The molecule has 4 aromatic carbocycles. The van der Waals surface area contributed by atoms with Crippen molar-refractivity contribution >= 4 is 23.4 Å². The summed E-state index contributed by atoms with van der Waals surface area (Å²) in [7, 11) is 6.11. The summed E-state index contributed by atoms with van der Waals surface area (Å²) in [6.45, 7) is 10.9. The van der Waals surface area contributed by atoms with E-state index in [1.807, 2.05) is 82.6 Å². The SMILES string of the molecule is COc1cc(-c2ccc(C(=O)N3CCN(CCCN4CCN(C(=O)c5ccc(-c6cc(OC)c(C(C)=O)c(OC)c6)cc5)CC4)CC3)cc2)cc(OC)c1C(C)=O. The number of hydrogen-bond acceptors (Lipinski definition) is 10. The number of piperazine rings is 2. The molecule has 0 aliphatic carbocycles. The Labute approximate surface area is 334 Å². The molecule has 12 heteroatoms. The third-order valence-electron chi connectivity index (χ3n) is 10.9. The maximum atomic E-state index is 13.4. The summed E-state index contributed by atoms with van der Waals surface area (Å²) in [5.41, 5.74) is 5.53. The molecule has 0 unspecified atom stereocenters. The van der Waals surface area contributed by atoms with E-state index in [9.17, 15) is 19.2 Å². The molecule has 0 atom stereocenters. The maximum absolute atomic E-state index is 13.4. The number of carbonyl (C=O) groups excluding carboxylic acids is 4. The van der Waals surface area contributed by atoms with E-state index in [1.54, 1.807) is 0 Å². The Kier molecular flexibility index (Phi) is 13.3. The van der Waals surface area contributed by atoms with Crippen LogP contribution in [0.5, 0.6) is 23.0 Å². The number of hydrogen-bond donors (Lipinski definition) is 0. The van der Waals surface area contributed by atoms with Crippen LogP contribution in [0.4, 0.5) is 0 Å².